The van der Waals surface area contributed by atoms with Crippen LogP contribution in [-0.4, -0.2) is 67.3 Å². The van der Waals surface area contributed by atoms with E-state index in [9.17, 15) is 9.90 Å². The Kier molecular flexibility index (Phi) is 7.26. The monoisotopic (exact) mass is 348 g/mol. The summed E-state index contributed by atoms with van der Waals surface area (Å²) < 4.78 is 5.86. The Morgan fingerprint density at radius 3 is 2.52 bits per heavy atom. The van der Waals surface area contributed by atoms with Crippen LogP contribution < -0.4 is 4.74 Å². The average molecular weight is 348 g/mol. The van der Waals surface area contributed by atoms with Crippen molar-refractivity contribution in [3.05, 3.63) is 29.8 Å². The van der Waals surface area contributed by atoms with Crippen LogP contribution in [0.2, 0.25) is 0 Å². The Morgan fingerprint density at radius 1 is 1.28 bits per heavy atom. The minimum atomic E-state index is -0.527. The first-order valence-corrected chi connectivity index (χ1v) is 9.21. The van der Waals surface area contributed by atoms with Gasteiger partial charge in [-0.25, -0.2) is 0 Å². The molecule has 1 amide bonds. The zero-order valence-corrected chi connectivity index (χ0v) is 15.9. The zero-order valence-electron chi connectivity index (χ0n) is 15.9. The molecule has 1 heterocycles. The fourth-order valence-electron chi connectivity index (χ4n) is 3.35. The van der Waals surface area contributed by atoms with E-state index in [1.807, 2.05) is 32.3 Å². The van der Waals surface area contributed by atoms with E-state index in [0.717, 1.165) is 37.2 Å². The molecule has 1 unspecified atom stereocenters. The second-order valence-electron chi connectivity index (χ2n) is 7.46. The second-order valence-corrected chi connectivity index (χ2v) is 7.46. The van der Waals surface area contributed by atoms with E-state index >= 15 is 0 Å². The van der Waals surface area contributed by atoms with E-state index in [1.165, 1.54) is 0 Å². The van der Waals surface area contributed by atoms with Crippen LogP contribution in [0.1, 0.15) is 38.2 Å². The summed E-state index contributed by atoms with van der Waals surface area (Å²) >= 11 is 0. The SMILES string of the molecule is CC(C)c1ccccc1OCC(O)CN1CCC(C(=O)N(C)C)CC1. The van der Waals surface area contributed by atoms with E-state index < -0.39 is 6.10 Å². The highest BCUT2D eigenvalue weighted by molar-refractivity contribution is 5.78. The zero-order chi connectivity index (χ0) is 18.4. The lowest BCUT2D eigenvalue weighted by atomic mass is 9.95. The molecule has 1 fully saturated rings. The summed E-state index contributed by atoms with van der Waals surface area (Å²) in [6.07, 6.45) is 1.20. The van der Waals surface area contributed by atoms with Crippen LogP contribution in [0.5, 0.6) is 5.75 Å². The normalized spacial score (nSPS) is 17.5. The number of rotatable bonds is 7. The number of benzene rings is 1. The van der Waals surface area contributed by atoms with Gasteiger partial charge in [0.2, 0.25) is 5.91 Å². The van der Waals surface area contributed by atoms with Gasteiger partial charge in [0.15, 0.2) is 0 Å². The number of piperidine rings is 1. The van der Waals surface area contributed by atoms with Gasteiger partial charge in [-0.1, -0.05) is 32.0 Å². The molecule has 1 aliphatic heterocycles. The Bertz CT molecular complexity index is 552. The third-order valence-corrected chi connectivity index (χ3v) is 4.82. The number of β-amino-alcohol motifs (C(OH)–C–C–N with tert-alkyl or cyclic N) is 1. The van der Waals surface area contributed by atoms with Crippen molar-refractivity contribution in [1.82, 2.24) is 9.80 Å². The molecular formula is C20H32N2O3. The van der Waals surface area contributed by atoms with Gasteiger partial charge in [-0.2, -0.15) is 0 Å². The molecule has 140 valence electrons. The maximum Gasteiger partial charge on any atom is 0.225 e. The summed E-state index contributed by atoms with van der Waals surface area (Å²) in [5.74, 6) is 1.58. The number of para-hydroxylation sites is 1. The molecule has 0 spiro atoms. The largest absolute Gasteiger partial charge is 0.491 e. The summed E-state index contributed by atoms with van der Waals surface area (Å²) in [4.78, 5) is 15.9. The Hall–Kier alpha value is -1.59. The number of hydrogen-bond acceptors (Lipinski definition) is 4. The molecule has 5 nitrogen and oxygen atoms in total. The standard InChI is InChI=1S/C20H32N2O3/c1-15(2)18-7-5-6-8-19(18)25-14-17(23)13-22-11-9-16(10-12-22)20(24)21(3)4/h5-8,15-17,23H,9-14H2,1-4H3. The molecule has 1 N–H and O–H groups in total. The summed E-state index contributed by atoms with van der Waals surface area (Å²) in [6.45, 7) is 6.86. The van der Waals surface area contributed by atoms with Crippen LogP contribution in [-0.2, 0) is 4.79 Å². The van der Waals surface area contributed by atoms with Crippen molar-refractivity contribution in [2.24, 2.45) is 5.92 Å². The van der Waals surface area contributed by atoms with Gasteiger partial charge in [-0.05, 0) is 43.5 Å². The third kappa shape index (κ3) is 5.72. The molecule has 1 aliphatic rings. The lowest BCUT2D eigenvalue weighted by molar-refractivity contribution is -0.134. The Morgan fingerprint density at radius 2 is 1.92 bits per heavy atom. The van der Waals surface area contributed by atoms with Gasteiger partial charge in [0.1, 0.15) is 18.5 Å². The first-order chi connectivity index (χ1) is 11.9. The minimum absolute atomic E-state index is 0.123. The molecule has 0 radical (unpaired) electrons. The summed E-state index contributed by atoms with van der Waals surface area (Å²) in [6, 6.07) is 8.00. The number of aliphatic hydroxyl groups is 1. The van der Waals surface area contributed by atoms with Crippen LogP contribution in [0.15, 0.2) is 24.3 Å². The van der Waals surface area contributed by atoms with Crippen LogP contribution in [0.3, 0.4) is 0 Å². The summed E-state index contributed by atoms with van der Waals surface area (Å²) in [7, 11) is 3.62. The highest BCUT2D eigenvalue weighted by Crippen LogP contribution is 2.26. The van der Waals surface area contributed by atoms with Crippen molar-refractivity contribution in [2.75, 3.05) is 40.3 Å². The predicted molar refractivity (Wildman–Crippen MR) is 99.9 cm³/mol. The van der Waals surface area contributed by atoms with Crippen molar-refractivity contribution >= 4 is 5.91 Å². The van der Waals surface area contributed by atoms with Gasteiger partial charge in [-0.15, -0.1) is 0 Å². The molecule has 0 bridgehead atoms. The van der Waals surface area contributed by atoms with Gasteiger partial charge in [0.25, 0.3) is 0 Å². The van der Waals surface area contributed by atoms with Crippen LogP contribution in [0.4, 0.5) is 0 Å². The number of aliphatic hydroxyl groups excluding tert-OH is 1. The van der Waals surface area contributed by atoms with Crippen LogP contribution >= 0.6 is 0 Å². The fourth-order valence-corrected chi connectivity index (χ4v) is 3.35. The number of carbonyl (C=O) groups excluding carboxylic acids is 1. The smallest absolute Gasteiger partial charge is 0.225 e. The van der Waals surface area contributed by atoms with Gasteiger partial charge < -0.3 is 19.6 Å². The minimum Gasteiger partial charge on any atom is -0.491 e. The maximum absolute atomic E-state index is 12.0. The number of nitrogens with zero attached hydrogens (tertiary/aromatic N) is 2. The number of carbonyl (C=O) groups is 1. The first-order valence-electron chi connectivity index (χ1n) is 9.21. The van der Waals surface area contributed by atoms with Crippen molar-refractivity contribution in [1.29, 1.82) is 0 Å². The molecule has 1 aromatic carbocycles. The van der Waals surface area contributed by atoms with Crippen LogP contribution in [0, 0.1) is 5.92 Å². The van der Waals surface area contributed by atoms with Gasteiger partial charge >= 0.3 is 0 Å². The van der Waals surface area contributed by atoms with E-state index in [2.05, 4.69) is 24.8 Å². The molecule has 0 aromatic heterocycles. The Balaban J connectivity index is 1.77. The highest BCUT2D eigenvalue weighted by Gasteiger charge is 2.26. The van der Waals surface area contributed by atoms with Crippen molar-refractivity contribution in [2.45, 2.75) is 38.7 Å². The summed E-state index contributed by atoms with van der Waals surface area (Å²) in [5, 5.41) is 10.3. The molecular weight excluding hydrogens is 316 g/mol. The highest BCUT2D eigenvalue weighted by atomic mass is 16.5. The van der Waals surface area contributed by atoms with Gasteiger partial charge in [-0.3, -0.25) is 4.79 Å². The third-order valence-electron chi connectivity index (χ3n) is 4.82. The molecule has 0 saturated carbocycles. The summed E-state index contributed by atoms with van der Waals surface area (Å²) in [5.41, 5.74) is 1.16. The molecule has 1 atom stereocenters. The topological polar surface area (TPSA) is 53.0 Å². The first kappa shape index (κ1) is 19.7. The number of hydrogen-bond donors (Lipinski definition) is 1. The number of likely N-dealkylation sites (tertiary alicyclic amines) is 1. The molecule has 0 aliphatic carbocycles. The van der Waals surface area contributed by atoms with E-state index in [4.69, 9.17) is 4.74 Å². The molecule has 2 rings (SSSR count). The van der Waals surface area contributed by atoms with Gasteiger partial charge in [0, 0.05) is 26.6 Å². The molecule has 1 aromatic rings. The number of ether oxygens (including phenoxy) is 1. The van der Waals surface area contributed by atoms with Crippen molar-refractivity contribution in [3.63, 3.8) is 0 Å². The molecule has 1 saturated heterocycles. The van der Waals surface area contributed by atoms with E-state index in [-0.39, 0.29) is 11.8 Å². The fraction of sp³-hybridized carbons (Fsp3) is 0.650. The number of amides is 1. The maximum atomic E-state index is 12.0. The second kappa shape index (κ2) is 9.20. The lowest BCUT2D eigenvalue weighted by Gasteiger charge is -2.33. The van der Waals surface area contributed by atoms with Crippen LogP contribution in [0.25, 0.3) is 0 Å². The van der Waals surface area contributed by atoms with E-state index in [0.29, 0.717) is 19.1 Å². The van der Waals surface area contributed by atoms with Gasteiger partial charge in [0.05, 0.1) is 0 Å². The lowest BCUT2D eigenvalue weighted by Crippen LogP contribution is -2.43. The molecule has 25 heavy (non-hydrogen) atoms. The average Bonchev–Trinajstić information content (AvgIpc) is 2.60. The van der Waals surface area contributed by atoms with E-state index in [1.54, 1.807) is 4.90 Å². The molecule has 5 heteroatoms. The quantitative estimate of drug-likeness (QED) is 0.822. The van der Waals surface area contributed by atoms with Crippen molar-refractivity contribution < 1.29 is 14.6 Å². The predicted octanol–water partition coefficient (Wildman–Crippen LogP) is 2.35. The Labute approximate surface area is 151 Å². The van der Waals surface area contributed by atoms with Crippen molar-refractivity contribution in [3.8, 4) is 5.75 Å².